The molecule has 2 aliphatic rings. The molecule has 0 bridgehead atoms. The standard InChI is InChI=1S/C19H27N3O3/c1-15-3-5-16(6-4-15)17(23)21-8-10-22(11-9-21)18(24)20-13-19(2)7-12-25-14-19/h3-6H,7-14H2,1-2H3,(H,20,24). The quantitative estimate of drug-likeness (QED) is 0.910. The van der Waals surface area contributed by atoms with Crippen LogP contribution in [0.3, 0.4) is 0 Å². The van der Waals surface area contributed by atoms with Gasteiger partial charge < -0.3 is 19.9 Å². The molecule has 6 nitrogen and oxygen atoms in total. The SMILES string of the molecule is Cc1ccc(C(=O)N2CCN(C(=O)NCC3(C)CCOC3)CC2)cc1. The highest BCUT2D eigenvalue weighted by molar-refractivity contribution is 5.94. The van der Waals surface area contributed by atoms with Gasteiger partial charge in [0.1, 0.15) is 0 Å². The summed E-state index contributed by atoms with van der Waals surface area (Å²) in [4.78, 5) is 28.5. The summed E-state index contributed by atoms with van der Waals surface area (Å²) < 4.78 is 5.42. The molecule has 1 aromatic carbocycles. The molecule has 1 unspecified atom stereocenters. The van der Waals surface area contributed by atoms with Crippen LogP contribution in [-0.2, 0) is 4.74 Å². The first-order valence-electron chi connectivity index (χ1n) is 8.93. The fraction of sp³-hybridized carbons (Fsp3) is 0.579. The highest BCUT2D eigenvalue weighted by Crippen LogP contribution is 2.26. The lowest BCUT2D eigenvalue weighted by molar-refractivity contribution is 0.0663. The summed E-state index contributed by atoms with van der Waals surface area (Å²) >= 11 is 0. The van der Waals surface area contributed by atoms with Crippen molar-refractivity contribution in [2.45, 2.75) is 20.3 Å². The van der Waals surface area contributed by atoms with Crippen molar-refractivity contribution in [3.8, 4) is 0 Å². The Morgan fingerprint density at radius 1 is 1.12 bits per heavy atom. The van der Waals surface area contributed by atoms with Crippen LogP contribution in [0.5, 0.6) is 0 Å². The van der Waals surface area contributed by atoms with Gasteiger partial charge in [0.2, 0.25) is 0 Å². The monoisotopic (exact) mass is 345 g/mol. The summed E-state index contributed by atoms with van der Waals surface area (Å²) in [5.74, 6) is 0.0377. The van der Waals surface area contributed by atoms with Crippen LogP contribution in [0.1, 0.15) is 29.3 Å². The van der Waals surface area contributed by atoms with E-state index in [0.717, 1.165) is 18.6 Å². The summed E-state index contributed by atoms with van der Waals surface area (Å²) in [5.41, 5.74) is 1.89. The van der Waals surface area contributed by atoms with Crippen LogP contribution in [0, 0.1) is 12.3 Å². The van der Waals surface area contributed by atoms with E-state index < -0.39 is 0 Å². The number of nitrogens with zero attached hydrogens (tertiary/aromatic N) is 2. The normalized spacial score (nSPS) is 23.6. The van der Waals surface area contributed by atoms with Crippen molar-refractivity contribution in [3.63, 3.8) is 0 Å². The number of carbonyl (C=O) groups excluding carboxylic acids is 2. The van der Waals surface area contributed by atoms with Gasteiger partial charge in [0.15, 0.2) is 0 Å². The Balaban J connectivity index is 1.47. The second-order valence-corrected chi connectivity index (χ2v) is 7.42. The van der Waals surface area contributed by atoms with E-state index in [-0.39, 0.29) is 17.4 Å². The van der Waals surface area contributed by atoms with Crippen LogP contribution in [0.25, 0.3) is 0 Å². The molecule has 6 heteroatoms. The maximum Gasteiger partial charge on any atom is 0.317 e. The third-order valence-electron chi connectivity index (χ3n) is 5.12. The highest BCUT2D eigenvalue weighted by Gasteiger charge is 2.31. The topological polar surface area (TPSA) is 61.9 Å². The number of aryl methyl sites for hydroxylation is 1. The van der Waals surface area contributed by atoms with Crippen molar-refractivity contribution in [1.82, 2.24) is 15.1 Å². The molecule has 0 aromatic heterocycles. The van der Waals surface area contributed by atoms with Gasteiger partial charge in [0.25, 0.3) is 5.91 Å². The van der Waals surface area contributed by atoms with Gasteiger partial charge in [-0.3, -0.25) is 4.79 Å². The summed E-state index contributed by atoms with van der Waals surface area (Å²) in [6, 6.07) is 7.58. The average Bonchev–Trinajstić information content (AvgIpc) is 3.07. The Labute approximate surface area is 149 Å². The third kappa shape index (κ3) is 4.31. The van der Waals surface area contributed by atoms with E-state index >= 15 is 0 Å². The molecule has 1 aromatic rings. The van der Waals surface area contributed by atoms with Crippen molar-refractivity contribution >= 4 is 11.9 Å². The predicted molar refractivity (Wildman–Crippen MR) is 95.6 cm³/mol. The van der Waals surface area contributed by atoms with E-state index in [1.807, 2.05) is 36.1 Å². The molecule has 0 saturated carbocycles. The van der Waals surface area contributed by atoms with Crippen LogP contribution in [0.4, 0.5) is 4.79 Å². The molecular weight excluding hydrogens is 318 g/mol. The van der Waals surface area contributed by atoms with Gasteiger partial charge in [-0.1, -0.05) is 24.6 Å². The van der Waals surface area contributed by atoms with E-state index in [2.05, 4.69) is 12.2 Å². The molecular formula is C19H27N3O3. The minimum atomic E-state index is -0.0458. The van der Waals surface area contributed by atoms with Crippen LogP contribution in [0.2, 0.25) is 0 Å². The number of carbonyl (C=O) groups is 2. The smallest absolute Gasteiger partial charge is 0.317 e. The van der Waals surface area contributed by atoms with Gasteiger partial charge in [-0.15, -0.1) is 0 Å². The van der Waals surface area contributed by atoms with E-state index in [1.165, 1.54) is 0 Å². The highest BCUT2D eigenvalue weighted by atomic mass is 16.5. The largest absolute Gasteiger partial charge is 0.381 e. The molecule has 25 heavy (non-hydrogen) atoms. The Morgan fingerprint density at radius 2 is 1.76 bits per heavy atom. The van der Waals surface area contributed by atoms with Crippen molar-refractivity contribution in [3.05, 3.63) is 35.4 Å². The zero-order valence-electron chi connectivity index (χ0n) is 15.1. The molecule has 3 rings (SSSR count). The van der Waals surface area contributed by atoms with Gasteiger partial charge in [-0.05, 0) is 25.5 Å². The first kappa shape index (κ1) is 17.7. The lowest BCUT2D eigenvalue weighted by Gasteiger charge is -2.35. The van der Waals surface area contributed by atoms with Gasteiger partial charge >= 0.3 is 6.03 Å². The van der Waals surface area contributed by atoms with Gasteiger partial charge in [-0.25, -0.2) is 4.79 Å². The fourth-order valence-electron chi connectivity index (χ4n) is 3.24. The molecule has 2 aliphatic heterocycles. The summed E-state index contributed by atoms with van der Waals surface area (Å²) in [7, 11) is 0. The maximum absolute atomic E-state index is 12.5. The van der Waals surface area contributed by atoms with E-state index in [4.69, 9.17) is 4.74 Å². The molecule has 0 aliphatic carbocycles. The Morgan fingerprint density at radius 3 is 2.36 bits per heavy atom. The van der Waals surface area contributed by atoms with E-state index in [9.17, 15) is 9.59 Å². The van der Waals surface area contributed by atoms with Crippen LogP contribution >= 0.6 is 0 Å². The lowest BCUT2D eigenvalue weighted by Crippen LogP contribution is -2.54. The molecule has 1 atom stereocenters. The molecule has 0 spiro atoms. The fourth-order valence-corrected chi connectivity index (χ4v) is 3.24. The Bertz CT molecular complexity index is 615. The number of urea groups is 1. The Hall–Kier alpha value is -2.08. The number of amides is 3. The molecule has 2 fully saturated rings. The number of ether oxygens (including phenoxy) is 1. The molecule has 2 heterocycles. The lowest BCUT2D eigenvalue weighted by atomic mass is 9.90. The minimum absolute atomic E-state index is 0.0377. The zero-order valence-corrected chi connectivity index (χ0v) is 15.1. The van der Waals surface area contributed by atoms with Gasteiger partial charge in [-0.2, -0.15) is 0 Å². The number of hydrogen-bond donors (Lipinski definition) is 1. The van der Waals surface area contributed by atoms with Gasteiger partial charge in [0, 0.05) is 50.3 Å². The summed E-state index contributed by atoms with van der Waals surface area (Å²) in [6.45, 7) is 8.52. The molecule has 0 radical (unpaired) electrons. The Kier molecular flexibility index (Phi) is 5.27. The van der Waals surface area contributed by atoms with Crippen molar-refractivity contribution < 1.29 is 14.3 Å². The molecule has 2 saturated heterocycles. The van der Waals surface area contributed by atoms with Crippen LogP contribution < -0.4 is 5.32 Å². The number of piperazine rings is 1. The second-order valence-electron chi connectivity index (χ2n) is 7.42. The van der Waals surface area contributed by atoms with E-state index in [0.29, 0.717) is 44.9 Å². The number of hydrogen-bond acceptors (Lipinski definition) is 3. The number of rotatable bonds is 3. The predicted octanol–water partition coefficient (Wildman–Crippen LogP) is 1.89. The van der Waals surface area contributed by atoms with Crippen molar-refractivity contribution in [2.24, 2.45) is 5.41 Å². The minimum Gasteiger partial charge on any atom is -0.381 e. The number of nitrogens with one attached hydrogen (secondary N) is 1. The van der Waals surface area contributed by atoms with Crippen LogP contribution in [-0.4, -0.2) is 67.7 Å². The van der Waals surface area contributed by atoms with Gasteiger partial charge in [0.05, 0.1) is 6.61 Å². The van der Waals surface area contributed by atoms with Crippen molar-refractivity contribution in [1.29, 1.82) is 0 Å². The molecule has 1 N–H and O–H groups in total. The zero-order chi connectivity index (χ0) is 17.9. The second kappa shape index (κ2) is 7.44. The number of benzene rings is 1. The molecule has 136 valence electrons. The third-order valence-corrected chi connectivity index (χ3v) is 5.12. The first-order valence-corrected chi connectivity index (χ1v) is 8.93. The van der Waals surface area contributed by atoms with Crippen molar-refractivity contribution in [2.75, 3.05) is 45.9 Å². The summed E-state index contributed by atoms with van der Waals surface area (Å²) in [6.07, 6.45) is 0.978. The first-order chi connectivity index (χ1) is 12.0. The van der Waals surface area contributed by atoms with E-state index in [1.54, 1.807) is 4.90 Å². The molecule has 3 amide bonds. The average molecular weight is 345 g/mol. The van der Waals surface area contributed by atoms with Crippen LogP contribution in [0.15, 0.2) is 24.3 Å². The summed E-state index contributed by atoms with van der Waals surface area (Å²) in [5, 5.41) is 3.02. The maximum atomic E-state index is 12.5.